The molecule has 0 bridgehead atoms. The van der Waals surface area contributed by atoms with Crippen LogP contribution in [0.15, 0.2) is 18.2 Å². The fourth-order valence-electron chi connectivity index (χ4n) is 2.80. The topological polar surface area (TPSA) is 46.4 Å². The molecule has 19 heavy (non-hydrogen) atoms. The molecule has 1 unspecified atom stereocenters. The summed E-state index contributed by atoms with van der Waals surface area (Å²) in [7, 11) is 0. The van der Waals surface area contributed by atoms with Gasteiger partial charge < -0.3 is 4.90 Å². The van der Waals surface area contributed by atoms with Crippen molar-refractivity contribution in [2.75, 3.05) is 11.4 Å². The Bertz CT molecular complexity index is 463. The molecule has 1 heterocycles. The molecule has 1 aliphatic rings. The van der Waals surface area contributed by atoms with Gasteiger partial charge in [-0.3, -0.25) is 10.1 Å². The standard InChI is InChI=1S/C14H19FN2O2/c1-2-5-12-6-3-4-7-16(12)13-8-11(15)9-14(10-13)17(18)19/h8-10,12H,2-7H2,1H3. The minimum Gasteiger partial charge on any atom is -0.368 e. The molecular formula is C14H19FN2O2. The molecule has 1 aliphatic heterocycles. The molecule has 0 radical (unpaired) electrons. The van der Waals surface area contributed by atoms with Gasteiger partial charge in [-0.1, -0.05) is 13.3 Å². The van der Waals surface area contributed by atoms with Crippen molar-refractivity contribution in [3.8, 4) is 0 Å². The van der Waals surface area contributed by atoms with Crippen LogP contribution in [-0.2, 0) is 0 Å². The molecule has 1 aromatic rings. The molecule has 5 heteroatoms. The quantitative estimate of drug-likeness (QED) is 0.613. The van der Waals surface area contributed by atoms with Gasteiger partial charge in [-0.05, 0) is 31.7 Å². The number of nitrogens with zero attached hydrogens (tertiary/aromatic N) is 2. The molecule has 0 amide bonds. The van der Waals surface area contributed by atoms with E-state index in [-0.39, 0.29) is 5.69 Å². The van der Waals surface area contributed by atoms with Gasteiger partial charge in [0.2, 0.25) is 0 Å². The summed E-state index contributed by atoms with van der Waals surface area (Å²) in [5.74, 6) is -0.537. The number of hydrogen-bond donors (Lipinski definition) is 0. The summed E-state index contributed by atoms with van der Waals surface area (Å²) in [5.41, 5.74) is 0.473. The first-order valence-electron chi connectivity index (χ1n) is 6.83. The van der Waals surface area contributed by atoms with Crippen LogP contribution in [0.5, 0.6) is 0 Å². The largest absolute Gasteiger partial charge is 0.368 e. The van der Waals surface area contributed by atoms with Crippen LogP contribution < -0.4 is 4.90 Å². The second-order valence-corrected chi connectivity index (χ2v) is 5.06. The fourth-order valence-corrected chi connectivity index (χ4v) is 2.80. The molecule has 2 rings (SSSR count). The Hall–Kier alpha value is -1.65. The van der Waals surface area contributed by atoms with Crippen molar-refractivity contribution >= 4 is 11.4 Å². The maximum absolute atomic E-state index is 13.5. The lowest BCUT2D eigenvalue weighted by atomic mass is 9.97. The van der Waals surface area contributed by atoms with Gasteiger partial charge in [0.25, 0.3) is 5.69 Å². The normalized spacial score (nSPS) is 19.5. The van der Waals surface area contributed by atoms with Gasteiger partial charge >= 0.3 is 0 Å². The van der Waals surface area contributed by atoms with Crippen molar-refractivity contribution in [3.05, 3.63) is 34.1 Å². The van der Waals surface area contributed by atoms with Crippen LogP contribution >= 0.6 is 0 Å². The SMILES string of the molecule is CCCC1CCCCN1c1cc(F)cc([N+](=O)[O-])c1. The van der Waals surface area contributed by atoms with Gasteiger partial charge in [0.1, 0.15) is 5.82 Å². The van der Waals surface area contributed by atoms with E-state index < -0.39 is 10.7 Å². The van der Waals surface area contributed by atoms with Crippen LogP contribution in [0.25, 0.3) is 0 Å². The number of rotatable bonds is 4. The third-order valence-corrected chi connectivity index (χ3v) is 3.66. The van der Waals surface area contributed by atoms with Crippen LogP contribution in [0.3, 0.4) is 0 Å². The van der Waals surface area contributed by atoms with Crippen LogP contribution in [0, 0.1) is 15.9 Å². The second-order valence-electron chi connectivity index (χ2n) is 5.06. The first kappa shape index (κ1) is 13.8. The Kier molecular flexibility index (Phi) is 4.35. The molecule has 1 atom stereocenters. The molecular weight excluding hydrogens is 247 g/mol. The highest BCUT2D eigenvalue weighted by Crippen LogP contribution is 2.30. The number of piperidine rings is 1. The zero-order valence-corrected chi connectivity index (χ0v) is 11.1. The van der Waals surface area contributed by atoms with Crippen molar-refractivity contribution in [2.24, 2.45) is 0 Å². The van der Waals surface area contributed by atoms with E-state index >= 15 is 0 Å². The number of benzene rings is 1. The summed E-state index contributed by atoms with van der Waals surface area (Å²) in [6, 6.07) is 4.24. The summed E-state index contributed by atoms with van der Waals surface area (Å²) in [6.45, 7) is 2.98. The monoisotopic (exact) mass is 266 g/mol. The highest BCUT2D eigenvalue weighted by molar-refractivity contribution is 5.54. The molecule has 1 saturated heterocycles. The first-order chi connectivity index (χ1) is 9.11. The average Bonchev–Trinajstić information content (AvgIpc) is 2.39. The van der Waals surface area contributed by atoms with Crippen LogP contribution in [0.1, 0.15) is 39.0 Å². The van der Waals surface area contributed by atoms with Gasteiger partial charge in [-0.25, -0.2) is 4.39 Å². The second kappa shape index (κ2) is 5.99. The maximum atomic E-state index is 13.5. The molecule has 0 saturated carbocycles. The van der Waals surface area contributed by atoms with E-state index in [1.54, 1.807) is 0 Å². The Morgan fingerprint density at radius 2 is 2.21 bits per heavy atom. The van der Waals surface area contributed by atoms with Gasteiger partial charge in [-0.2, -0.15) is 0 Å². The van der Waals surface area contributed by atoms with E-state index in [1.807, 2.05) is 0 Å². The highest BCUT2D eigenvalue weighted by atomic mass is 19.1. The number of hydrogen-bond acceptors (Lipinski definition) is 3. The Morgan fingerprint density at radius 3 is 2.89 bits per heavy atom. The zero-order valence-electron chi connectivity index (χ0n) is 11.1. The Morgan fingerprint density at radius 1 is 1.42 bits per heavy atom. The predicted molar refractivity (Wildman–Crippen MR) is 72.9 cm³/mol. The van der Waals surface area contributed by atoms with Crippen molar-refractivity contribution in [3.63, 3.8) is 0 Å². The molecule has 104 valence electrons. The third-order valence-electron chi connectivity index (χ3n) is 3.66. The number of nitro benzene ring substituents is 1. The lowest BCUT2D eigenvalue weighted by molar-refractivity contribution is -0.385. The van der Waals surface area contributed by atoms with E-state index in [9.17, 15) is 14.5 Å². The van der Waals surface area contributed by atoms with E-state index in [1.165, 1.54) is 18.6 Å². The average molecular weight is 266 g/mol. The maximum Gasteiger partial charge on any atom is 0.274 e. The summed E-state index contributed by atoms with van der Waals surface area (Å²) in [5, 5.41) is 10.8. The van der Waals surface area contributed by atoms with E-state index in [4.69, 9.17) is 0 Å². The van der Waals surface area contributed by atoms with E-state index in [2.05, 4.69) is 11.8 Å². The number of nitro groups is 1. The summed E-state index contributed by atoms with van der Waals surface area (Å²) < 4.78 is 13.5. The van der Waals surface area contributed by atoms with Gasteiger partial charge in [0.15, 0.2) is 0 Å². The molecule has 0 aliphatic carbocycles. The lowest BCUT2D eigenvalue weighted by Gasteiger charge is -2.37. The smallest absolute Gasteiger partial charge is 0.274 e. The molecule has 1 aromatic carbocycles. The van der Waals surface area contributed by atoms with Crippen LogP contribution in [-0.4, -0.2) is 17.5 Å². The molecule has 1 fully saturated rings. The van der Waals surface area contributed by atoms with Gasteiger partial charge in [-0.15, -0.1) is 0 Å². The van der Waals surface area contributed by atoms with Crippen molar-refractivity contribution in [1.29, 1.82) is 0 Å². The summed E-state index contributed by atoms with van der Waals surface area (Å²) in [6.07, 6.45) is 5.43. The Balaban J connectivity index is 2.30. The Labute approximate surface area is 112 Å². The lowest BCUT2D eigenvalue weighted by Crippen LogP contribution is -2.39. The minimum atomic E-state index is -0.537. The summed E-state index contributed by atoms with van der Waals surface area (Å²) >= 11 is 0. The van der Waals surface area contributed by atoms with Gasteiger partial charge in [0, 0.05) is 24.3 Å². The molecule has 4 nitrogen and oxygen atoms in total. The van der Waals surface area contributed by atoms with Crippen molar-refractivity contribution in [2.45, 2.75) is 45.1 Å². The summed E-state index contributed by atoms with van der Waals surface area (Å²) in [4.78, 5) is 12.4. The number of anilines is 1. The highest BCUT2D eigenvalue weighted by Gasteiger charge is 2.23. The molecule has 0 N–H and O–H groups in total. The molecule has 0 spiro atoms. The fraction of sp³-hybridized carbons (Fsp3) is 0.571. The predicted octanol–water partition coefficient (Wildman–Crippen LogP) is 3.89. The van der Waals surface area contributed by atoms with Crippen molar-refractivity contribution < 1.29 is 9.31 Å². The van der Waals surface area contributed by atoms with Gasteiger partial charge in [0.05, 0.1) is 11.0 Å². The van der Waals surface area contributed by atoms with Crippen LogP contribution in [0.2, 0.25) is 0 Å². The number of halogens is 1. The van der Waals surface area contributed by atoms with E-state index in [0.29, 0.717) is 11.7 Å². The zero-order chi connectivity index (χ0) is 13.8. The number of non-ortho nitro benzene ring substituents is 1. The minimum absolute atomic E-state index is 0.171. The van der Waals surface area contributed by atoms with E-state index in [0.717, 1.165) is 38.3 Å². The van der Waals surface area contributed by atoms with Crippen LogP contribution in [0.4, 0.5) is 15.8 Å². The first-order valence-corrected chi connectivity index (χ1v) is 6.83. The third kappa shape index (κ3) is 3.22. The van der Waals surface area contributed by atoms with Crippen molar-refractivity contribution in [1.82, 2.24) is 0 Å². The molecule has 0 aromatic heterocycles.